The molecular formula is C13H15NO3. The number of aliphatic hydroxyl groups excluding tert-OH is 1. The highest BCUT2D eigenvalue weighted by atomic mass is 16.5. The van der Waals surface area contributed by atoms with Gasteiger partial charge in [0.1, 0.15) is 0 Å². The highest BCUT2D eigenvalue weighted by molar-refractivity contribution is 5.91. The first-order valence-electron chi connectivity index (χ1n) is 5.51. The van der Waals surface area contributed by atoms with Crippen LogP contribution in [0.1, 0.15) is 40.9 Å². The first-order chi connectivity index (χ1) is 8.17. The average Bonchev–Trinajstić information content (AvgIpc) is 2.37. The molecule has 1 aromatic carbocycles. The van der Waals surface area contributed by atoms with Gasteiger partial charge >= 0.3 is 5.97 Å². The summed E-state index contributed by atoms with van der Waals surface area (Å²) in [5.41, 5.74) is 2.04. The van der Waals surface area contributed by atoms with Gasteiger partial charge in [0.15, 0.2) is 0 Å². The standard InChI is InChI=1S/C13H15NO3/c1-3-9-5-10(7-14)11(8-15)6-12(9)13(16)17-4-2/h5-6,15H,3-4,8H2,1-2H3. The number of aliphatic hydroxyl groups is 1. The van der Waals surface area contributed by atoms with E-state index in [9.17, 15) is 4.79 Å². The fourth-order valence-electron chi connectivity index (χ4n) is 1.62. The Morgan fingerprint density at radius 1 is 1.41 bits per heavy atom. The molecule has 4 heteroatoms. The molecule has 0 spiro atoms. The second-order valence-electron chi connectivity index (χ2n) is 3.51. The van der Waals surface area contributed by atoms with Crippen LogP contribution in [0.2, 0.25) is 0 Å². The van der Waals surface area contributed by atoms with Crippen molar-refractivity contribution < 1.29 is 14.6 Å². The summed E-state index contributed by atoms with van der Waals surface area (Å²) < 4.78 is 4.94. The van der Waals surface area contributed by atoms with Crippen LogP contribution < -0.4 is 0 Å². The maximum atomic E-state index is 11.7. The molecule has 0 heterocycles. The largest absolute Gasteiger partial charge is 0.462 e. The Hall–Kier alpha value is -1.86. The quantitative estimate of drug-likeness (QED) is 0.805. The number of ether oxygens (including phenoxy) is 1. The lowest BCUT2D eigenvalue weighted by atomic mass is 9.97. The molecule has 1 aromatic rings. The highest BCUT2D eigenvalue weighted by Gasteiger charge is 2.15. The van der Waals surface area contributed by atoms with Crippen molar-refractivity contribution in [2.45, 2.75) is 26.9 Å². The van der Waals surface area contributed by atoms with Gasteiger partial charge < -0.3 is 9.84 Å². The van der Waals surface area contributed by atoms with Crippen LogP contribution in [0.3, 0.4) is 0 Å². The summed E-state index contributed by atoms with van der Waals surface area (Å²) in [6, 6.07) is 5.18. The maximum Gasteiger partial charge on any atom is 0.338 e. The Morgan fingerprint density at radius 2 is 2.12 bits per heavy atom. The van der Waals surface area contributed by atoms with Crippen LogP contribution in [0.25, 0.3) is 0 Å². The Kier molecular flexibility index (Phi) is 4.68. The molecule has 0 aromatic heterocycles. The first kappa shape index (κ1) is 13.2. The van der Waals surface area contributed by atoms with E-state index in [0.717, 1.165) is 5.56 Å². The van der Waals surface area contributed by atoms with Gasteiger partial charge in [0, 0.05) is 0 Å². The van der Waals surface area contributed by atoms with Gasteiger partial charge in [0.25, 0.3) is 0 Å². The van der Waals surface area contributed by atoms with Gasteiger partial charge in [-0.25, -0.2) is 4.79 Å². The third kappa shape index (κ3) is 2.83. The van der Waals surface area contributed by atoms with E-state index >= 15 is 0 Å². The second kappa shape index (κ2) is 6.02. The summed E-state index contributed by atoms with van der Waals surface area (Å²) in [6.45, 7) is 3.67. The molecule has 0 aliphatic carbocycles. The molecule has 0 bridgehead atoms. The molecule has 1 N–H and O–H groups in total. The van der Waals surface area contributed by atoms with E-state index < -0.39 is 5.97 Å². The van der Waals surface area contributed by atoms with Crippen molar-refractivity contribution in [3.8, 4) is 6.07 Å². The molecule has 0 saturated carbocycles. The summed E-state index contributed by atoms with van der Waals surface area (Å²) >= 11 is 0. The van der Waals surface area contributed by atoms with Crippen LogP contribution in [0.15, 0.2) is 12.1 Å². The first-order valence-corrected chi connectivity index (χ1v) is 5.51. The number of nitrogens with zero attached hydrogens (tertiary/aromatic N) is 1. The van der Waals surface area contributed by atoms with E-state index in [1.54, 1.807) is 13.0 Å². The Balaban J connectivity index is 3.29. The van der Waals surface area contributed by atoms with Gasteiger partial charge in [0.05, 0.1) is 30.4 Å². The molecule has 17 heavy (non-hydrogen) atoms. The number of carbonyl (C=O) groups is 1. The third-order valence-electron chi connectivity index (χ3n) is 2.50. The van der Waals surface area contributed by atoms with Crippen molar-refractivity contribution in [3.63, 3.8) is 0 Å². The number of esters is 1. The second-order valence-corrected chi connectivity index (χ2v) is 3.51. The fourth-order valence-corrected chi connectivity index (χ4v) is 1.62. The number of hydrogen-bond acceptors (Lipinski definition) is 4. The Bertz CT molecular complexity index is 460. The summed E-state index contributed by atoms with van der Waals surface area (Å²) in [5.74, 6) is -0.413. The lowest BCUT2D eigenvalue weighted by Gasteiger charge is -2.10. The van der Waals surface area contributed by atoms with E-state index in [1.807, 2.05) is 13.0 Å². The molecule has 0 unspecified atom stereocenters. The number of nitriles is 1. The van der Waals surface area contributed by atoms with Crippen LogP contribution in [0.5, 0.6) is 0 Å². The molecule has 0 atom stereocenters. The molecule has 4 nitrogen and oxygen atoms in total. The van der Waals surface area contributed by atoms with E-state index in [4.69, 9.17) is 15.1 Å². The third-order valence-corrected chi connectivity index (χ3v) is 2.50. The number of aryl methyl sites for hydroxylation is 1. The minimum absolute atomic E-state index is 0.265. The lowest BCUT2D eigenvalue weighted by Crippen LogP contribution is -2.09. The van der Waals surface area contributed by atoms with Crippen molar-refractivity contribution in [1.29, 1.82) is 5.26 Å². The number of hydrogen-bond donors (Lipinski definition) is 1. The van der Waals surface area contributed by atoms with Crippen molar-refractivity contribution in [2.75, 3.05) is 6.61 Å². The molecule has 0 amide bonds. The van der Waals surface area contributed by atoms with Gasteiger partial charge in [-0.2, -0.15) is 5.26 Å². The molecule has 0 radical (unpaired) electrons. The zero-order valence-corrected chi connectivity index (χ0v) is 9.99. The minimum atomic E-state index is -0.413. The summed E-state index contributed by atoms with van der Waals surface area (Å²) in [4.78, 5) is 11.7. The zero-order chi connectivity index (χ0) is 12.8. The summed E-state index contributed by atoms with van der Waals surface area (Å²) in [7, 11) is 0. The van der Waals surface area contributed by atoms with Crippen LogP contribution in [-0.4, -0.2) is 17.7 Å². The number of benzene rings is 1. The van der Waals surface area contributed by atoms with Crippen molar-refractivity contribution in [2.24, 2.45) is 0 Å². The van der Waals surface area contributed by atoms with Gasteiger partial charge in [0.2, 0.25) is 0 Å². The van der Waals surface area contributed by atoms with Crippen molar-refractivity contribution in [1.82, 2.24) is 0 Å². The molecule has 0 saturated heterocycles. The minimum Gasteiger partial charge on any atom is -0.462 e. The monoisotopic (exact) mass is 233 g/mol. The molecule has 0 fully saturated rings. The summed E-state index contributed by atoms with van der Waals surface area (Å²) in [6.07, 6.45) is 0.633. The average molecular weight is 233 g/mol. The SMILES string of the molecule is CCOC(=O)c1cc(CO)c(C#N)cc1CC. The van der Waals surface area contributed by atoms with E-state index in [1.165, 1.54) is 6.07 Å². The highest BCUT2D eigenvalue weighted by Crippen LogP contribution is 2.18. The molecule has 1 rings (SSSR count). The lowest BCUT2D eigenvalue weighted by molar-refractivity contribution is 0.0525. The van der Waals surface area contributed by atoms with Crippen molar-refractivity contribution >= 4 is 5.97 Å². The molecule has 0 aliphatic heterocycles. The smallest absolute Gasteiger partial charge is 0.338 e. The van der Waals surface area contributed by atoms with Crippen LogP contribution in [0.4, 0.5) is 0 Å². The Morgan fingerprint density at radius 3 is 2.59 bits per heavy atom. The van der Waals surface area contributed by atoms with Crippen LogP contribution in [0, 0.1) is 11.3 Å². The van der Waals surface area contributed by atoms with Gasteiger partial charge in [-0.1, -0.05) is 6.92 Å². The number of rotatable bonds is 4. The topological polar surface area (TPSA) is 70.3 Å². The van der Waals surface area contributed by atoms with Gasteiger partial charge in [-0.05, 0) is 36.6 Å². The van der Waals surface area contributed by atoms with Crippen LogP contribution in [-0.2, 0) is 17.8 Å². The Labute approximate surface area is 100 Å². The van der Waals surface area contributed by atoms with Gasteiger partial charge in [-0.15, -0.1) is 0 Å². The molecule has 90 valence electrons. The fraction of sp³-hybridized carbons (Fsp3) is 0.385. The van der Waals surface area contributed by atoms with E-state index in [0.29, 0.717) is 29.7 Å². The molecular weight excluding hydrogens is 218 g/mol. The number of carbonyl (C=O) groups excluding carboxylic acids is 1. The predicted octanol–water partition coefficient (Wildman–Crippen LogP) is 1.79. The van der Waals surface area contributed by atoms with Gasteiger partial charge in [-0.3, -0.25) is 0 Å². The summed E-state index contributed by atoms with van der Waals surface area (Å²) in [5, 5.41) is 18.1. The molecule has 0 aliphatic rings. The predicted molar refractivity (Wildman–Crippen MR) is 62.4 cm³/mol. The van der Waals surface area contributed by atoms with Crippen molar-refractivity contribution in [3.05, 3.63) is 34.4 Å². The normalized spacial score (nSPS) is 9.76. The maximum absolute atomic E-state index is 11.7. The van der Waals surface area contributed by atoms with E-state index in [2.05, 4.69) is 0 Å². The van der Waals surface area contributed by atoms with Crippen LogP contribution >= 0.6 is 0 Å². The van der Waals surface area contributed by atoms with E-state index in [-0.39, 0.29) is 6.61 Å². The zero-order valence-electron chi connectivity index (χ0n) is 9.99.